The van der Waals surface area contributed by atoms with Crippen LogP contribution in [0.2, 0.25) is 0 Å². The Hall–Kier alpha value is -1.07. The SMILES string of the molecule is Cc1ccccc1C(CN)N(CC(F)(F)F)C1CC1. The Balaban J connectivity index is 2.25. The van der Waals surface area contributed by atoms with Crippen LogP contribution in [0.5, 0.6) is 0 Å². The van der Waals surface area contributed by atoms with Gasteiger partial charge in [-0.2, -0.15) is 13.2 Å². The molecule has 1 aliphatic rings. The van der Waals surface area contributed by atoms with Crippen LogP contribution in [-0.4, -0.2) is 30.2 Å². The second-order valence-electron chi connectivity index (χ2n) is 5.13. The molecule has 0 heterocycles. The number of hydrogen-bond donors (Lipinski definition) is 1. The van der Waals surface area contributed by atoms with E-state index in [1.54, 1.807) is 0 Å². The normalized spacial score (nSPS) is 17.8. The highest BCUT2D eigenvalue weighted by Crippen LogP contribution is 2.37. The van der Waals surface area contributed by atoms with Gasteiger partial charge in [-0.05, 0) is 30.9 Å². The summed E-state index contributed by atoms with van der Waals surface area (Å²) in [6.45, 7) is 1.24. The van der Waals surface area contributed by atoms with Gasteiger partial charge in [0.05, 0.1) is 6.54 Å². The average molecular weight is 272 g/mol. The van der Waals surface area contributed by atoms with E-state index >= 15 is 0 Å². The monoisotopic (exact) mass is 272 g/mol. The standard InChI is InChI=1S/C14H19F3N2/c1-10-4-2-3-5-12(10)13(8-18)19(11-6-7-11)9-14(15,16)17/h2-5,11,13H,6-9,18H2,1H3. The fraction of sp³-hybridized carbons (Fsp3) is 0.571. The van der Waals surface area contributed by atoms with Crippen molar-refractivity contribution >= 4 is 0 Å². The summed E-state index contributed by atoms with van der Waals surface area (Å²) in [5.74, 6) is 0. The maximum absolute atomic E-state index is 12.7. The number of aryl methyl sites for hydroxylation is 1. The third kappa shape index (κ3) is 3.70. The Bertz CT molecular complexity index is 427. The molecule has 2 nitrogen and oxygen atoms in total. The van der Waals surface area contributed by atoms with E-state index in [1.165, 1.54) is 4.90 Å². The van der Waals surface area contributed by atoms with Gasteiger partial charge in [-0.15, -0.1) is 0 Å². The largest absolute Gasteiger partial charge is 0.401 e. The van der Waals surface area contributed by atoms with Crippen molar-refractivity contribution in [2.45, 2.75) is 38.0 Å². The molecule has 1 aromatic carbocycles. The molecule has 0 spiro atoms. The summed E-state index contributed by atoms with van der Waals surface area (Å²) in [6.07, 6.45) is -2.52. The highest BCUT2D eigenvalue weighted by Gasteiger charge is 2.41. The lowest BCUT2D eigenvalue weighted by Crippen LogP contribution is -2.41. The van der Waals surface area contributed by atoms with Crippen LogP contribution in [0.4, 0.5) is 13.2 Å². The van der Waals surface area contributed by atoms with Crippen LogP contribution in [0, 0.1) is 6.92 Å². The summed E-state index contributed by atoms with van der Waals surface area (Å²) in [6, 6.07) is 7.20. The van der Waals surface area contributed by atoms with Crippen molar-refractivity contribution < 1.29 is 13.2 Å². The van der Waals surface area contributed by atoms with Gasteiger partial charge in [-0.3, -0.25) is 4.90 Å². The fourth-order valence-corrected chi connectivity index (χ4v) is 2.51. The molecule has 1 aliphatic carbocycles. The van der Waals surface area contributed by atoms with Gasteiger partial charge in [0.25, 0.3) is 0 Å². The molecule has 106 valence electrons. The molecule has 1 atom stereocenters. The lowest BCUT2D eigenvalue weighted by atomic mass is 9.99. The van der Waals surface area contributed by atoms with E-state index < -0.39 is 12.7 Å². The van der Waals surface area contributed by atoms with Gasteiger partial charge in [0.15, 0.2) is 0 Å². The third-order valence-corrected chi connectivity index (χ3v) is 3.55. The van der Waals surface area contributed by atoms with Gasteiger partial charge in [-0.25, -0.2) is 0 Å². The minimum atomic E-state index is -4.18. The molecule has 1 unspecified atom stereocenters. The molecular formula is C14H19F3N2. The molecule has 0 radical (unpaired) electrons. The van der Waals surface area contributed by atoms with Gasteiger partial charge in [0, 0.05) is 18.6 Å². The minimum Gasteiger partial charge on any atom is -0.329 e. The van der Waals surface area contributed by atoms with Gasteiger partial charge in [0.2, 0.25) is 0 Å². The molecule has 0 amide bonds. The summed E-state index contributed by atoms with van der Waals surface area (Å²) in [7, 11) is 0. The first kappa shape index (κ1) is 14.3. The van der Waals surface area contributed by atoms with Crippen LogP contribution in [0.25, 0.3) is 0 Å². The van der Waals surface area contributed by atoms with E-state index in [0.717, 1.165) is 24.0 Å². The Labute approximate surface area is 111 Å². The van der Waals surface area contributed by atoms with Gasteiger partial charge in [0.1, 0.15) is 0 Å². The molecule has 0 saturated heterocycles. The Kier molecular flexibility index (Phi) is 4.16. The zero-order valence-electron chi connectivity index (χ0n) is 11.0. The smallest absolute Gasteiger partial charge is 0.329 e. The molecule has 19 heavy (non-hydrogen) atoms. The summed E-state index contributed by atoms with van der Waals surface area (Å²) >= 11 is 0. The molecule has 5 heteroatoms. The van der Waals surface area contributed by atoms with Crippen LogP contribution in [0.3, 0.4) is 0 Å². The van der Waals surface area contributed by atoms with Crippen molar-refractivity contribution in [1.29, 1.82) is 0 Å². The second-order valence-corrected chi connectivity index (χ2v) is 5.13. The lowest BCUT2D eigenvalue weighted by Gasteiger charge is -2.32. The number of hydrogen-bond acceptors (Lipinski definition) is 2. The molecule has 1 saturated carbocycles. The predicted octanol–water partition coefficient (Wildman–Crippen LogP) is 3.02. The number of alkyl halides is 3. The van der Waals surface area contributed by atoms with Crippen molar-refractivity contribution in [2.24, 2.45) is 5.73 Å². The summed E-state index contributed by atoms with van der Waals surface area (Å²) < 4.78 is 38.2. The maximum Gasteiger partial charge on any atom is 0.401 e. The molecule has 0 aromatic heterocycles. The Morgan fingerprint density at radius 1 is 1.32 bits per heavy atom. The van der Waals surface area contributed by atoms with Crippen molar-refractivity contribution in [1.82, 2.24) is 4.90 Å². The van der Waals surface area contributed by atoms with Gasteiger partial charge < -0.3 is 5.73 Å². The average Bonchev–Trinajstić information content (AvgIpc) is 3.13. The first-order valence-electron chi connectivity index (χ1n) is 6.50. The van der Waals surface area contributed by atoms with E-state index in [0.29, 0.717) is 0 Å². The first-order chi connectivity index (χ1) is 8.92. The molecule has 0 bridgehead atoms. The Morgan fingerprint density at radius 2 is 1.95 bits per heavy atom. The lowest BCUT2D eigenvalue weighted by molar-refractivity contribution is -0.152. The second kappa shape index (κ2) is 5.51. The van der Waals surface area contributed by atoms with Crippen molar-refractivity contribution in [3.05, 3.63) is 35.4 Å². The third-order valence-electron chi connectivity index (χ3n) is 3.55. The topological polar surface area (TPSA) is 29.3 Å². The van der Waals surface area contributed by atoms with Crippen LogP contribution in [-0.2, 0) is 0 Å². The first-order valence-corrected chi connectivity index (χ1v) is 6.50. The molecule has 2 N–H and O–H groups in total. The van der Waals surface area contributed by atoms with Crippen LogP contribution in [0.1, 0.15) is 30.0 Å². The van der Waals surface area contributed by atoms with E-state index in [1.807, 2.05) is 31.2 Å². The number of halogens is 3. The molecular weight excluding hydrogens is 253 g/mol. The maximum atomic E-state index is 12.7. The zero-order valence-corrected chi connectivity index (χ0v) is 11.0. The number of nitrogens with two attached hydrogens (primary N) is 1. The Morgan fingerprint density at radius 3 is 2.42 bits per heavy atom. The molecule has 2 rings (SSSR count). The van der Waals surface area contributed by atoms with Crippen molar-refractivity contribution in [3.63, 3.8) is 0 Å². The van der Waals surface area contributed by atoms with Crippen LogP contribution < -0.4 is 5.73 Å². The predicted molar refractivity (Wildman–Crippen MR) is 68.8 cm³/mol. The number of benzene rings is 1. The van der Waals surface area contributed by atoms with Crippen LogP contribution >= 0.6 is 0 Å². The zero-order chi connectivity index (χ0) is 14.0. The molecule has 1 aromatic rings. The number of rotatable bonds is 5. The quantitative estimate of drug-likeness (QED) is 0.892. The highest BCUT2D eigenvalue weighted by atomic mass is 19.4. The van der Waals surface area contributed by atoms with Crippen LogP contribution in [0.15, 0.2) is 24.3 Å². The van der Waals surface area contributed by atoms with Gasteiger partial charge >= 0.3 is 6.18 Å². The summed E-state index contributed by atoms with van der Waals surface area (Å²) in [5.41, 5.74) is 7.65. The van der Waals surface area contributed by atoms with E-state index in [9.17, 15) is 13.2 Å². The fourth-order valence-electron chi connectivity index (χ4n) is 2.51. The van der Waals surface area contributed by atoms with E-state index in [2.05, 4.69) is 0 Å². The summed E-state index contributed by atoms with van der Waals surface area (Å²) in [4.78, 5) is 1.52. The van der Waals surface area contributed by atoms with E-state index in [4.69, 9.17) is 5.73 Å². The summed E-state index contributed by atoms with van der Waals surface area (Å²) in [5, 5.41) is 0. The van der Waals surface area contributed by atoms with Gasteiger partial charge in [-0.1, -0.05) is 24.3 Å². The molecule has 0 aliphatic heterocycles. The minimum absolute atomic E-state index is 0.0229. The highest BCUT2D eigenvalue weighted by molar-refractivity contribution is 5.29. The van der Waals surface area contributed by atoms with Crippen molar-refractivity contribution in [3.8, 4) is 0 Å². The van der Waals surface area contributed by atoms with E-state index in [-0.39, 0.29) is 18.6 Å². The number of nitrogens with zero attached hydrogens (tertiary/aromatic N) is 1. The van der Waals surface area contributed by atoms with Crippen molar-refractivity contribution in [2.75, 3.05) is 13.1 Å². The molecule has 1 fully saturated rings.